The van der Waals surface area contributed by atoms with Crippen LogP contribution in [0.4, 0.5) is 0 Å². The fourth-order valence-corrected chi connectivity index (χ4v) is 1.28. The maximum Gasteiger partial charge on any atom is 0.197 e. The summed E-state index contributed by atoms with van der Waals surface area (Å²) < 4.78 is 10.8. The minimum atomic E-state index is -0.795. The van der Waals surface area contributed by atoms with E-state index in [4.69, 9.17) is 9.47 Å². The van der Waals surface area contributed by atoms with Crippen LogP contribution < -0.4 is 0 Å². The van der Waals surface area contributed by atoms with Crippen LogP contribution >= 0.6 is 0 Å². The molecule has 1 aliphatic rings. The lowest BCUT2D eigenvalue weighted by Crippen LogP contribution is -2.36. The normalized spacial score (nSPS) is 24.5. The van der Waals surface area contributed by atoms with Gasteiger partial charge in [-0.05, 0) is 13.0 Å². The molecular formula is C9H14O3. The molecule has 0 saturated carbocycles. The highest BCUT2D eigenvalue weighted by atomic mass is 16.7. The molecule has 68 valence electrons. The number of rotatable bonds is 3. The van der Waals surface area contributed by atoms with Crippen molar-refractivity contribution >= 4 is 6.29 Å². The van der Waals surface area contributed by atoms with Gasteiger partial charge in [-0.1, -0.05) is 13.0 Å². The van der Waals surface area contributed by atoms with Crippen molar-refractivity contribution in [3.63, 3.8) is 0 Å². The quantitative estimate of drug-likeness (QED) is 0.470. The zero-order valence-electron chi connectivity index (χ0n) is 7.45. The largest absolute Gasteiger partial charge is 0.343 e. The summed E-state index contributed by atoms with van der Waals surface area (Å²) in [6.07, 6.45) is 4.48. The Bertz CT molecular complexity index is 180. The number of hydrogen-bond donors (Lipinski definition) is 0. The smallest absolute Gasteiger partial charge is 0.197 e. The van der Waals surface area contributed by atoms with Gasteiger partial charge in [-0.2, -0.15) is 0 Å². The molecule has 1 heterocycles. The molecule has 3 nitrogen and oxygen atoms in total. The van der Waals surface area contributed by atoms with Crippen molar-refractivity contribution in [3.8, 4) is 0 Å². The van der Waals surface area contributed by atoms with Crippen LogP contribution in [0, 0.1) is 5.92 Å². The van der Waals surface area contributed by atoms with Crippen LogP contribution in [0.25, 0.3) is 0 Å². The van der Waals surface area contributed by atoms with Crippen LogP contribution in [0.3, 0.4) is 0 Å². The minimum Gasteiger partial charge on any atom is -0.343 e. The Kier molecular flexibility index (Phi) is 3.00. The summed E-state index contributed by atoms with van der Waals surface area (Å²) in [6.45, 7) is 4.79. The molecule has 1 unspecified atom stereocenters. The number of aldehydes is 1. The lowest BCUT2D eigenvalue weighted by Gasteiger charge is -2.26. The maximum atomic E-state index is 10.6. The third kappa shape index (κ3) is 1.57. The molecule has 1 rings (SSSR count). The fraction of sp³-hybridized carbons (Fsp3) is 0.667. The topological polar surface area (TPSA) is 35.5 Å². The molecular weight excluding hydrogens is 156 g/mol. The highest BCUT2D eigenvalue weighted by Crippen LogP contribution is 2.28. The standard InChI is InChI=1S/C9H14O3/c1-3-4-9(8(2)7-10)11-5-6-12-9/h3-4,7-8H,5-6H2,1-2H3/b4-3+. The average molecular weight is 170 g/mol. The summed E-state index contributed by atoms with van der Waals surface area (Å²) in [6, 6.07) is 0. The summed E-state index contributed by atoms with van der Waals surface area (Å²) >= 11 is 0. The van der Waals surface area contributed by atoms with E-state index in [0.29, 0.717) is 13.2 Å². The van der Waals surface area contributed by atoms with Crippen LogP contribution in [0.1, 0.15) is 13.8 Å². The van der Waals surface area contributed by atoms with E-state index in [2.05, 4.69) is 0 Å². The van der Waals surface area contributed by atoms with Gasteiger partial charge in [0.2, 0.25) is 0 Å². The summed E-state index contributed by atoms with van der Waals surface area (Å²) in [4.78, 5) is 10.6. The van der Waals surface area contributed by atoms with Gasteiger partial charge >= 0.3 is 0 Å². The van der Waals surface area contributed by atoms with Gasteiger partial charge in [-0.25, -0.2) is 0 Å². The Morgan fingerprint density at radius 1 is 1.42 bits per heavy atom. The lowest BCUT2D eigenvalue weighted by atomic mass is 10.0. The third-order valence-corrected chi connectivity index (χ3v) is 1.98. The number of allylic oxidation sites excluding steroid dienone is 1. The third-order valence-electron chi connectivity index (χ3n) is 1.98. The van der Waals surface area contributed by atoms with Crippen molar-refractivity contribution in [1.29, 1.82) is 0 Å². The number of ether oxygens (including phenoxy) is 2. The zero-order valence-corrected chi connectivity index (χ0v) is 7.45. The van der Waals surface area contributed by atoms with E-state index < -0.39 is 5.79 Å². The van der Waals surface area contributed by atoms with Crippen molar-refractivity contribution in [1.82, 2.24) is 0 Å². The molecule has 0 aromatic rings. The maximum absolute atomic E-state index is 10.6. The van der Waals surface area contributed by atoms with Gasteiger partial charge in [0.15, 0.2) is 5.79 Å². The van der Waals surface area contributed by atoms with Gasteiger partial charge < -0.3 is 14.3 Å². The molecule has 0 N–H and O–H groups in total. The monoisotopic (exact) mass is 170 g/mol. The Morgan fingerprint density at radius 3 is 2.42 bits per heavy atom. The van der Waals surface area contributed by atoms with Gasteiger partial charge in [0.1, 0.15) is 6.29 Å². The first kappa shape index (κ1) is 9.42. The molecule has 3 heteroatoms. The Balaban J connectivity index is 2.77. The van der Waals surface area contributed by atoms with Crippen LogP contribution in [0.15, 0.2) is 12.2 Å². The molecule has 0 spiro atoms. The Hall–Kier alpha value is -0.670. The molecule has 0 bridgehead atoms. The van der Waals surface area contributed by atoms with Crippen LogP contribution in [-0.2, 0) is 14.3 Å². The van der Waals surface area contributed by atoms with Crippen molar-refractivity contribution in [2.24, 2.45) is 5.92 Å². The highest BCUT2D eigenvalue weighted by Gasteiger charge is 2.39. The first-order chi connectivity index (χ1) is 5.75. The summed E-state index contributed by atoms with van der Waals surface area (Å²) in [5, 5.41) is 0. The molecule has 12 heavy (non-hydrogen) atoms. The average Bonchev–Trinajstić information content (AvgIpc) is 2.53. The SMILES string of the molecule is C/C=C/C1(C(C)C=O)OCCO1. The van der Waals surface area contributed by atoms with E-state index in [-0.39, 0.29) is 5.92 Å². The predicted octanol–water partition coefficient (Wildman–Crippen LogP) is 1.14. The fourth-order valence-electron chi connectivity index (χ4n) is 1.28. The number of carbonyl (C=O) groups excluding carboxylic acids is 1. The molecule has 0 amide bonds. The summed E-state index contributed by atoms with van der Waals surface area (Å²) in [5.41, 5.74) is 0. The zero-order chi connectivity index (χ0) is 9.03. The Labute approximate surface area is 72.4 Å². The molecule has 1 aliphatic heterocycles. The van der Waals surface area contributed by atoms with E-state index in [0.717, 1.165) is 6.29 Å². The predicted molar refractivity (Wildman–Crippen MR) is 44.7 cm³/mol. The second-order valence-electron chi connectivity index (χ2n) is 2.84. The van der Waals surface area contributed by atoms with E-state index in [1.165, 1.54) is 0 Å². The molecule has 0 aliphatic carbocycles. The van der Waals surface area contributed by atoms with Crippen molar-refractivity contribution in [3.05, 3.63) is 12.2 Å². The van der Waals surface area contributed by atoms with Gasteiger partial charge in [0, 0.05) is 0 Å². The van der Waals surface area contributed by atoms with Gasteiger partial charge in [0.05, 0.1) is 19.1 Å². The summed E-state index contributed by atoms with van der Waals surface area (Å²) in [7, 11) is 0. The molecule has 0 aromatic heterocycles. The van der Waals surface area contributed by atoms with Crippen LogP contribution in [0.5, 0.6) is 0 Å². The summed E-state index contributed by atoms with van der Waals surface area (Å²) in [5.74, 6) is -1.05. The van der Waals surface area contributed by atoms with Crippen LogP contribution in [-0.4, -0.2) is 25.3 Å². The molecule has 0 radical (unpaired) electrons. The molecule has 1 atom stereocenters. The van der Waals surface area contributed by atoms with Gasteiger partial charge in [0.25, 0.3) is 0 Å². The van der Waals surface area contributed by atoms with Gasteiger partial charge in [-0.3, -0.25) is 0 Å². The van der Waals surface area contributed by atoms with Crippen molar-refractivity contribution in [2.75, 3.05) is 13.2 Å². The Morgan fingerprint density at radius 2 is 2.00 bits per heavy atom. The van der Waals surface area contributed by atoms with E-state index >= 15 is 0 Å². The van der Waals surface area contributed by atoms with E-state index in [1.54, 1.807) is 13.0 Å². The highest BCUT2D eigenvalue weighted by molar-refractivity contribution is 5.55. The number of hydrogen-bond acceptors (Lipinski definition) is 3. The van der Waals surface area contributed by atoms with E-state index in [9.17, 15) is 4.79 Å². The van der Waals surface area contributed by atoms with Crippen molar-refractivity contribution < 1.29 is 14.3 Å². The van der Waals surface area contributed by atoms with E-state index in [1.807, 2.05) is 13.0 Å². The first-order valence-electron chi connectivity index (χ1n) is 4.12. The first-order valence-corrected chi connectivity index (χ1v) is 4.12. The van der Waals surface area contributed by atoms with Crippen molar-refractivity contribution in [2.45, 2.75) is 19.6 Å². The number of carbonyl (C=O) groups is 1. The molecule has 1 fully saturated rings. The molecule has 0 aromatic carbocycles. The van der Waals surface area contributed by atoms with Gasteiger partial charge in [-0.15, -0.1) is 0 Å². The second kappa shape index (κ2) is 3.83. The molecule has 1 saturated heterocycles. The van der Waals surface area contributed by atoms with Crippen LogP contribution in [0.2, 0.25) is 0 Å². The minimum absolute atomic E-state index is 0.254. The lowest BCUT2D eigenvalue weighted by molar-refractivity contribution is -0.157. The second-order valence-corrected chi connectivity index (χ2v) is 2.84.